The van der Waals surface area contributed by atoms with E-state index in [9.17, 15) is 13.2 Å². The summed E-state index contributed by atoms with van der Waals surface area (Å²) in [6, 6.07) is 9.38. The summed E-state index contributed by atoms with van der Waals surface area (Å²) in [6.45, 7) is 0.504. The van der Waals surface area contributed by atoms with Crippen LogP contribution in [0.5, 0.6) is 11.5 Å². The van der Waals surface area contributed by atoms with Gasteiger partial charge in [-0.1, -0.05) is 23.2 Å². The topological polar surface area (TPSA) is 72.9 Å². The molecule has 2 aromatic carbocycles. The third-order valence-corrected chi connectivity index (χ3v) is 7.85. The van der Waals surface area contributed by atoms with Gasteiger partial charge in [0.15, 0.2) is 5.78 Å². The van der Waals surface area contributed by atoms with E-state index >= 15 is 0 Å². The van der Waals surface area contributed by atoms with Gasteiger partial charge < -0.3 is 9.47 Å². The van der Waals surface area contributed by atoms with Crippen LogP contribution in [-0.4, -0.2) is 44.3 Å². The van der Waals surface area contributed by atoms with Crippen molar-refractivity contribution < 1.29 is 22.7 Å². The number of nitrogens with zero attached hydrogens (tertiary/aromatic N) is 1. The summed E-state index contributed by atoms with van der Waals surface area (Å²) in [5.74, 6) is 0.826. The fourth-order valence-corrected chi connectivity index (χ4v) is 5.79. The zero-order valence-corrected chi connectivity index (χ0v) is 18.0. The first-order valence-corrected chi connectivity index (χ1v) is 11.3. The van der Waals surface area contributed by atoms with E-state index < -0.39 is 15.6 Å². The van der Waals surface area contributed by atoms with E-state index in [1.165, 1.54) is 29.6 Å². The smallest absolute Gasteiger partial charge is 0.243 e. The maximum absolute atomic E-state index is 13.0. The highest BCUT2D eigenvalue weighted by molar-refractivity contribution is 7.89. The molecule has 0 unspecified atom stereocenters. The molecule has 0 radical (unpaired) electrons. The van der Waals surface area contributed by atoms with Gasteiger partial charge in [-0.25, -0.2) is 8.42 Å². The Bertz CT molecular complexity index is 1060. The van der Waals surface area contributed by atoms with Crippen LogP contribution in [0.4, 0.5) is 0 Å². The van der Waals surface area contributed by atoms with Crippen molar-refractivity contribution in [3.63, 3.8) is 0 Å². The van der Waals surface area contributed by atoms with Crippen molar-refractivity contribution in [2.24, 2.45) is 0 Å². The number of hydrogen-bond donors (Lipinski definition) is 0. The van der Waals surface area contributed by atoms with Crippen LogP contribution in [0, 0.1) is 0 Å². The van der Waals surface area contributed by atoms with Crippen molar-refractivity contribution >= 4 is 39.0 Å². The second-order valence-electron chi connectivity index (χ2n) is 7.23. The van der Waals surface area contributed by atoms with Gasteiger partial charge >= 0.3 is 0 Å². The first kappa shape index (κ1) is 20.5. The monoisotopic (exact) mass is 455 g/mol. The lowest BCUT2D eigenvalue weighted by Crippen LogP contribution is -2.52. The summed E-state index contributed by atoms with van der Waals surface area (Å²) < 4.78 is 38.6. The van der Waals surface area contributed by atoms with Gasteiger partial charge in [0.05, 0.1) is 29.0 Å². The van der Waals surface area contributed by atoms with Gasteiger partial charge in [0.25, 0.3) is 0 Å². The third-order valence-electron chi connectivity index (χ3n) is 5.44. The molecule has 0 aromatic heterocycles. The largest absolute Gasteiger partial charge is 0.497 e. The highest BCUT2D eigenvalue weighted by Crippen LogP contribution is 2.44. The predicted molar refractivity (Wildman–Crippen MR) is 110 cm³/mol. The van der Waals surface area contributed by atoms with Crippen molar-refractivity contribution in [2.45, 2.75) is 29.8 Å². The summed E-state index contributed by atoms with van der Waals surface area (Å²) in [5, 5.41) is 0.662. The Labute approximate surface area is 179 Å². The van der Waals surface area contributed by atoms with Crippen LogP contribution in [0.25, 0.3) is 0 Å². The number of benzene rings is 2. The van der Waals surface area contributed by atoms with E-state index in [0.717, 1.165) is 0 Å². The normalized spacial score (nSPS) is 18.9. The van der Waals surface area contributed by atoms with E-state index in [2.05, 4.69) is 0 Å². The van der Waals surface area contributed by atoms with E-state index in [-0.39, 0.29) is 35.2 Å². The molecule has 0 saturated carbocycles. The second-order valence-corrected chi connectivity index (χ2v) is 10.0. The summed E-state index contributed by atoms with van der Waals surface area (Å²) in [6.07, 6.45) is 0.964. The Kier molecular flexibility index (Phi) is 5.27. The summed E-state index contributed by atoms with van der Waals surface area (Å²) >= 11 is 12.2. The summed E-state index contributed by atoms with van der Waals surface area (Å²) in [7, 11) is -2.11. The van der Waals surface area contributed by atoms with Crippen LogP contribution in [0.15, 0.2) is 41.3 Å². The Morgan fingerprint density at radius 2 is 1.76 bits per heavy atom. The predicted octanol–water partition coefficient (Wildman–Crippen LogP) is 4.19. The number of carbonyl (C=O) groups excluding carboxylic acids is 1. The van der Waals surface area contributed by atoms with E-state index in [1.54, 1.807) is 18.2 Å². The fourth-order valence-electron chi connectivity index (χ4n) is 3.82. The third kappa shape index (κ3) is 3.72. The van der Waals surface area contributed by atoms with Gasteiger partial charge in [-0.3, -0.25) is 4.79 Å². The molecule has 1 saturated heterocycles. The number of carbonyl (C=O) groups is 1. The molecule has 6 nitrogen and oxygen atoms in total. The molecule has 0 aliphatic carbocycles. The molecule has 4 rings (SSSR count). The van der Waals surface area contributed by atoms with Gasteiger partial charge in [0, 0.05) is 31.0 Å². The quantitative estimate of drug-likeness (QED) is 0.693. The van der Waals surface area contributed by atoms with Gasteiger partial charge in [0.2, 0.25) is 10.0 Å². The van der Waals surface area contributed by atoms with Crippen molar-refractivity contribution in [3.8, 4) is 11.5 Å². The number of hydrogen-bond acceptors (Lipinski definition) is 5. The average molecular weight is 456 g/mol. The van der Waals surface area contributed by atoms with Crippen molar-refractivity contribution in [3.05, 3.63) is 52.0 Å². The van der Waals surface area contributed by atoms with Crippen molar-refractivity contribution in [1.82, 2.24) is 4.31 Å². The van der Waals surface area contributed by atoms with E-state index in [0.29, 0.717) is 34.9 Å². The maximum Gasteiger partial charge on any atom is 0.243 e. The van der Waals surface area contributed by atoms with Crippen LogP contribution >= 0.6 is 23.2 Å². The highest BCUT2D eigenvalue weighted by Gasteiger charge is 2.45. The number of Topliss-reactive ketones (excluding diaryl/α,β-unsaturated/α-hetero) is 1. The molecular formula is C20H19Cl2NO5S. The number of fused-ring (bicyclic) bond motifs is 1. The molecule has 9 heteroatoms. The lowest BCUT2D eigenvalue weighted by molar-refractivity contribution is 0.00598. The van der Waals surface area contributed by atoms with E-state index in [1.807, 2.05) is 0 Å². The van der Waals surface area contributed by atoms with E-state index in [4.69, 9.17) is 32.7 Å². The minimum Gasteiger partial charge on any atom is -0.497 e. The molecule has 0 amide bonds. The highest BCUT2D eigenvalue weighted by atomic mass is 35.5. The number of sulfonamides is 1. The summed E-state index contributed by atoms with van der Waals surface area (Å²) in [5.41, 5.74) is -0.380. The Hall–Kier alpha value is -1.80. The zero-order valence-electron chi connectivity index (χ0n) is 15.7. The number of halogens is 2. The van der Waals surface area contributed by atoms with Crippen LogP contribution in [0.2, 0.25) is 10.0 Å². The molecule has 1 spiro atoms. The van der Waals surface area contributed by atoms with Crippen LogP contribution < -0.4 is 9.47 Å². The van der Waals surface area contributed by atoms with Crippen LogP contribution in [0.3, 0.4) is 0 Å². The number of rotatable bonds is 3. The van der Waals surface area contributed by atoms with Crippen LogP contribution in [0.1, 0.15) is 29.6 Å². The Balaban J connectivity index is 1.54. The first-order valence-electron chi connectivity index (χ1n) is 9.10. The molecule has 2 aromatic rings. The number of ketones is 1. The SMILES string of the molecule is COc1ccc(S(=O)(=O)N2CCC3(CC2)CC(=O)c2cc(Cl)cc(Cl)c2O3)cc1. The molecule has 0 bridgehead atoms. The Morgan fingerprint density at radius 3 is 2.38 bits per heavy atom. The summed E-state index contributed by atoms with van der Waals surface area (Å²) in [4.78, 5) is 12.9. The first-order chi connectivity index (χ1) is 13.7. The zero-order chi connectivity index (χ0) is 20.8. The van der Waals surface area contributed by atoms with Gasteiger partial charge in [-0.15, -0.1) is 0 Å². The number of methoxy groups -OCH3 is 1. The molecule has 0 N–H and O–H groups in total. The lowest BCUT2D eigenvalue weighted by atomic mass is 9.83. The molecule has 0 atom stereocenters. The fraction of sp³-hybridized carbons (Fsp3) is 0.350. The van der Waals surface area contributed by atoms with Crippen molar-refractivity contribution in [1.29, 1.82) is 0 Å². The maximum atomic E-state index is 13.0. The van der Waals surface area contributed by atoms with Gasteiger partial charge in [0.1, 0.15) is 17.1 Å². The minimum atomic E-state index is -3.64. The molecule has 154 valence electrons. The average Bonchev–Trinajstić information content (AvgIpc) is 2.69. The molecular weight excluding hydrogens is 437 g/mol. The standard InChI is InChI=1S/C20H19Cl2NO5S/c1-27-14-2-4-15(5-3-14)29(25,26)23-8-6-20(7-9-23)12-18(24)16-10-13(21)11-17(22)19(16)28-20/h2-5,10-11H,6-9,12H2,1H3. The van der Waals surface area contributed by atoms with Gasteiger partial charge in [-0.2, -0.15) is 4.31 Å². The second kappa shape index (κ2) is 7.47. The number of ether oxygens (including phenoxy) is 2. The molecule has 2 aliphatic rings. The Morgan fingerprint density at radius 1 is 1.10 bits per heavy atom. The lowest BCUT2D eigenvalue weighted by Gasteiger charge is -2.43. The van der Waals surface area contributed by atoms with Crippen molar-refractivity contribution in [2.75, 3.05) is 20.2 Å². The molecule has 2 heterocycles. The molecule has 2 aliphatic heterocycles. The minimum absolute atomic E-state index is 0.0953. The van der Waals surface area contributed by atoms with Crippen LogP contribution in [-0.2, 0) is 10.0 Å². The molecule has 29 heavy (non-hydrogen) atoms. The molecule has 1 fully saturated rings. The number of piperidine rings is 1. The van der Waals surface area contributed by atoms with Gasteiger partial charge in [-0.05, 0) is 36.4 Å².